The van der Waals surface area contributed by atoms with Crippen LogP contribution in [0, 0.1) is 0 Å². The SMILES string of the molecule is O=C(O)c1ccc(C(=O)NC2CCCOC2)cc1. The van der Waals surface area contributed by atoms with Crippen LogP contribution in [0.15, 0.2) is 24.3 Å². The summed E-state index contributed by atoms with van der Waals surface area (Å²) in [4.78, 5) is 22.6. The predicted molar refractivity (Wildman–Crippen MR) is 64.7 cm³/mol. The topological polar surface area (TPSA) is 75.6 Å². The first-order chi connectivity index (χ1) is 8.66. The summed E-state index contributed by atoms with van der Waals surface area (Å²) in [7, 11) is 0. The lowest BCUT2D eigenvalue weighted by Gasteiger charge is -2.23. The first kappa shape index (κ1) is 12.6. The summed E-state index contributed by atoms with van der Waals surface area (Å²) in [5, 5.41) is 11.6. The molecule has 5 heteroatoms. The van der Waals surface area contributed by atoms with Gasteiger partial charge in [-0.15, -0.1) is 0 Å². The van der Waals surface area contributed by atoms with Crippen LogP contribution in [0.4, 0.5) is 0 Å². The smallest absolute Gasteiger partial charge is 0.335 e. The Balaban J connectivity index is 1.97. The number of amides is 1. The van der Waals surface area contributed by atoms with E-state index in [0.29, 0.717) is 12.2 Å². The molecule has 1 unspecified atom stereocenters. The Morgan fingerprint density at radius 1 is 1.22 bits per heavy atom. The molecule has 0 radical (unpaired) electrons. The first-order valence-electron chi connectivity index (χ1n) is 5.89. The number of carboxylic acids is 1. The molecule has 0 bridgehead atoms. The van der Waals surface area contributed by atoms with Crippen LogP contribution in [0.25, 0.3) is 0 Å². The van der Waals surface area contributed by atoms with Crippen molar-refractivity contribution in [3.63, 3.8) is 0 Å². The third-order valence-electron chi connectivity index (χ3n) is 2.89. The van der Waals surface area contributed by atoms with E-state index in [4.69, 9.17) is 9.84 Å². The van der Waals surface area contributed by atoms with Gasteiger partial charge in [0.1, 0.15) is 0 Å². The van der Waals surface area contributed by atoms with Gasteiger partial charge in [-0.1, -0.05) is 0 Å². The molecule has 1 fully saturated rings. The summed E-state index contributed by atoms with van der Waals surface area (Å²) < 4.78 is 5.28. The number of nitrogens with one attached hydrogen (secondary N) is 1. The van der Waals surface area contributed by atoms with Gasteiger partial charge in [0.05, 0.1) is 18.2 Å². The van der Waals surface area contributed by atoms with E-state index >= 15 is 0 Å². The normalized spacial score (nSPS) is 19.2. The molecule has 0 aromatic heterocycles. The fourth-order valence-electron chi connectivity index (χ4n) is 1.89. The van der Waals surface area contributed by atoms with E-state index in [2.05, 4.69) is 5.32 Å². The molecule has 0 saturated carbocycles. The molecule has 0 aliphatic carbocycles. The van der Waals surface area contributed by atoms with Gasteiger partial charge in [-0.3, -0.25) is 4.79 Å². The maximum Gasteiger partial charge on any atom is 0.335 e. The molecule has 96 valence electrons. The number of rotatable bonds is 3. The number of aromatic carboxylic acids is 1. The average Bonchev–Trinajstić information content (AvgIpc) is 2.40. The minimum Gasteiger partial charge on any atom is -0.478 e. The number of hydrogen-bond acceptors (Lipinski definition) is 3. The minimum absolute atomic E-state index is 0.0467. The van der Waals surface area contributed by atoms with E-state index in [1.807, 2.05) is 0 Å². The van der Waals surface area contributed by atoms with Gasteiger partial charge in [0, 0.05) is 12.2 Å². The van der Waals surface area contributed by atoms with Gasteiger partial charge in [0.25, 0.3) is 5.91 Å². The van der Waals surface area contributed by atoms with Crippen molar-refractivity contribution in [2.75, 3.05) is 13.2 Å². The number of hydrogen-bond donors (Lipinski definition) is 2. The third-order valence-corrected chi connectivity index (χ3v) is 2.89. The van der Waals surface area contributed by atoms with Crippen molar-refractivity contribution in [3.8, 4) is 0 Å². The first-order valence-corrected chi connectivity index (χ1v) is 5.89. The molecule has 1 aromatic rings. The van der Waals surface area contributed by atoms with Crippen molar-refractivity contribution in [2.45, 2.75) is 18.9 Å². The maximum atomic E-state index is 11.9. The highest BCUT2D eigenvalue weighted by atomic mass is 16.5. The van der Waals surface area contributed by atoms with Crippen LogP contribution in [0.2, 0.25) is 0 Å². The lowest BCUT2D eigenvalue weighted by atomic mass is 10.1. The van der Waals surface area contributed by atoms with Crippen molar-refractivity contribution in [2.24, 2.45) is 0 Å². The summed E-state index contributed by atoms with van der Waals surface area (Å²) in [6.45, 7) is 1.29. The van der Waals surface area contributed by atoms with E-state index in [1.54, 1.807) is 0 Å². The minimum atomic E-state index is -0.998. The zero-order chi connectivity index (χ0) is 13.0. The lowest BCUT2D eigenvalue weighted by Crippen LogP contribution is -2.40. The van der Waals surface area contributed by atoms with E-state index < -0.39 is 5.97 Å². The molecule has 5 nitrogen and oxygen atoms in total. The van der Waals surface area contributed by atoms with Gasteiger partial charge in [0.2, 0.25) is 0 Å². The second kappa shape index (κ2) is 5.64. The highest BCUT2D eigenvalue weighted by Gasteiger charge is 2.17. The Morgan fingerprint density at radius 2 is 1.89 bits per heavy atom. The van der Waals surface area contributed by atoms with Crippen LogP contribution in [0.3, 0.4) is 0 Å². The largest absolute Gasteiger partial charge is 0.478 e. The van der Waals surface area contributed by atoms with E-state index in [-0.39, 0.29) is 17.5 Å². The van der Waals surface area contributed by atoms with Crippen molar-refractivity contribution >= 4 is 11.9 Å². The monoisotopic (exact) mass is 249 g/mol. The van der Waals surface area contributed by atoms with E-state index in [1.165, 1.54) is 24.3 Å². The van der Waals surface area contributed by atoms with Crippen molar-refractivity contribution < 1.29 is 19.4 Å². The molecule has 1 atom stereocenters. The summed E-state index contributed by atoms with van der Waals surface area (Å²) in [6, 6.07) is 5.93. The summed E-state index contributed by atoms with van der Waals surface area (Å²) >= 11 is 0. The van der Waals surface area contributed by atoms with E-state index in [0.717, 1.165) is 19.4 Å². The van der Waals surface area contributed by atoms with Crippen LogP contribution in [-0.4, -0.2) is 36.2 Å². The van der Waals surface area contributed by atoms with Crippen LogP contribution >= 0.6 is 0 Å². The van der Waals surface area contributed by atoms with Gasteiger partial charge in [-0.25, -0.2) is 4.79 Å². The molecule has 2 N–H and O–H groups in total. The van der Waals surface area contributed by atoms with Crippen LogP contribution < -0.4 is 5.32 Å². The zero-order valence-electron chi connectivity index (χ0n) is 9.89. The highest BCUT2D eigenvalue weighted by molar-refractivity contribution is 5.96. The number of carboxylic acid groups (broad SMARTS) is 1. The van der Waals surface area contributed by atoms with Gasteiger partial charge in [0.15, 0.2) is 0 Å². The zero-order valence-corrected chi connectivity index (χ0v) is 9.89. The molecular weight excluding hydrogens is 234 g/mol. The molecular formula is C13H15NO4. The Hall–Kier alpha value is -1.88. The molecule has 1 aliphatic heterocycles. The Morgan fingerprint density at radius 3 is 2.44 bits per heavy atom. The Labute approximate surface area is 105 Å². The second-order valence-electron chi connectivity index (χ2n) is 4.27. The molecule has 18 heavy (non-hydrogen) atoms. The van der Waals surface area contributed by atoms with Gasteiger partial charge >= 0.3 is 5.97 Å². The number of carbonyl (C=O) groups is 2. The lowest BCUT2D eigenvalue weighted by molar-refractivity contribution is 0.0623. The van der Waals surface area contributed by atoms with Crippen molar-refractivity contribution in [1.29, 1.82) is 0 Å². The standard InChI is InChI=1S/C13H15NO4/c15-12(14-11-2-1-7-18-8-11)9-3-5-10(6-4-9)13(16)17/h3-6,11H,1-2,7-8H2,(H,14,15)(H,16,17). The van der Waals surface area contributed by atoms with Crippen LogP contribution in [-0.2, 0) is 4.74 Å². The fraction of sp³-hybridized carbons (Fsp3) is 0.385. The molecule has 1 amide bonds. The number of benzene rings is 1. The number of ether oxygens (including phenoxy) is 1. The molecule has 1 heterocycles. The molecule has 0 spiro atoms. The van der Waals surface area contributed by atoms with Gasteiger partial charge < -0.3 is 15.2 Å². The van der Waals surface area contributed by atoms with Gasteiger partial charge in [-0.2, -0.15) is 0 Å². The summed E-state index contributed by atoms with van der Waals surface area (Å²) in [6.07, 6.45) is 1.86. The Bertz CT molecular complexity index is 435. The van der Waals surface area contributed by atoms with Crippen molar-refractivity contribution in [1.82, 2.24) is 5.32 Å². The average molecular weight is 249 g/mol. The molecule has 2 rings (SSSR count). The summed E-state index contributed by atoms with van der Waals surface area (Å²) in [5.41, 5.74) is 0.637. The fourth-order valence-corrected chi connectivity index (χ4v) is 1.89. The summed E-state index contributed by atoms with van der Waals surface area (Å²) in [5.74, 6) is -1.19. The Kier molecular flexibility index (Phi) is 3.94. The molecule has 1 aliphatic rings. The third kappa shape index (κ3) is 3.07. The number of carbonyl (C=O) groups excluding carboxylic acids is 1. The van der Waals surface area contributed by atoms with Crippen molar-refractivity contribution in [3.05, 3.63) is 35.4 Å². The second-order valence-corrected chi connectivity index (χ2v) is 4.27. The quantitative estimate of drug-likeness (QED) is 0.846. The highest BCUT2D eigenvalue weighted by Crippen LogP contribution is 2.08. The van der Waals surface area contributed by atoms with Crippen LogP contribution in [0.1, 0.15) is 33.6 Å². The molecule has 1 aromatic carbocycles. The molecule has 1 saturated heterocycles. The van der Waals surface area contributed by atoms with Gasteiger partial charge in [-0.05, 0) is 37.1 Å². The van der Waals surface area contributed by atoms with Crippen LogP contribution in [0.5, 0.6) is 0 Å². The van der Waals surface area contributed by atoms with E-state index in [9.17, 15) is 9.59 Å². The predicted octanol–water partition coefficient (Wildman–Crippen LogP) is 1.29. The maximum absolute atomic E-state index is 11.9.